The molecule has 2 N–H and O–H groups in total. The zero-order valence-corrected chi connectivity index (χ0v) is 10.0. The van der Waals surface area contributed by atoms with Gasteiger partial charge in [-0.25, -0.2) is 0 Å². The van der Waals surface area contributed by atoms with E-state index in [1.165, 1.54) is 11.1 Å². The van der Waals surface area contributed by atoms with E-state index in [9.17, 15) is 0 Å². The highest BCUT2D eigenvalue weighted by Crippen LogP contribution is 2.34. The number of aryl methyl sites for hydroxylation is 1. The van der Waals surface area contributed by atoms with Crippen molar-refractivity contribution < 1.29 is 4.74 Å². The van der Waals surface area contributed by atoms with Crippen molar-refractivity contribution in [3.63, 3.8) is 0 Å². The molecule has 0 saturated carbocycles. The number of fused-ring (bicyclic) bond motifs is 1. The van der Waals surface area contributed by atoms with Crippen LogP contribution in [0, 0.1) is 6.92 Å². The molecule has 4 heteroatoms. The second-order valence-electron chi connectivity index (χ2n) is 4.45. The molecule has 0 aliphatic carbocycles. The highest BCUT2D eigenvalue weighted by Gasteiger charge is 2.18. The smallest absolute Gasteiger partial charge is 0.146 e. The van der Waals surface area contributed by atoms with Crippen molar-refractivity contribution in [2.24, 2.45) is 4.99 Å². The molecule has 0 aromatic heterocycles. The van der Waals surface area contributed by atoms with Crippen LogP contribution in [0.25, 0.3) is 0 Å². The van der Waals surface area contributed by atoms with Gasteiger partial charge >= 0.3 is 0 Å². The Balaban J connectivity index is 1.93. The van der Waals surface area contributed by atoms with Crippen LogP contribution in [0.2, 0.25) is 0 Å². The Morgan fingerprint density at radius 1 is 1.29 bits per heavy atom. The van der Waals surface area contributed by atoms with E-state index in [-0.39, 0.29) is 0 Å². The molecular weight excluding hydrogens is 214 g/mol. The number of hydrogen-bond acceptors (Lipinski definition) is 4. The lowest BCUT2D eigenvalue weighted by Gasteiger charge is -2.23. The van der Waals surface area contributed by atoms with Crippen molar-refractivity contribution in [2.75, 3.05) is 31.6 Å². The van der Waals surface area contributed by atoms with Crippen molar-refractivity contribution in [1.82, 2.24) is 5.32 Å². The summed E-state index contributed by atoms with van der Waals surface area (Å²) in [6.07, 6.45) is 0.838. The fourth-order valence-corrected chi connectivity index (χ4v) is 2.32. The number of nitrogens with zero attached hydrogens (tertiary/aromatic N) is 1. The van der Waals surface area contributed by atoms with Crippen LogP contribution in [0.5, 0.6) is 5.75 Å². The van der Waals surface area contributed by atoms with Crippen LogP contribution in [0.1, 0.15) is 11.1 Å². The molecule has 2 heterocycles. The summed E-state index contributed by atoms with van der Waals surface area (Å²) in [5.74, 6) is 2.08. The van der Waals surface area contributed by atoms with Gasteiger partial charge in [-0.1, -0.05) is 12.1 Å². The number of hydrogen-bond donors (Lipinski definition) is 2. The monoisotopic (exact) mass is 231 g/mol. The average Bonchev–Trinajstić information content (AvgIpc) is 2.86. The molecule has 0 spiro atoms. The van der Waals surface area contributed by atoms with Gasteiger partial charge in [-0.15, -0.1) is 0 Å². The van der Waals surface area contributed by atoms with Gasteiger partial charge in [0.05, 0.1) is 12.2 Å². The second kappa shape index (κ2) is 4.28. The number of aliphatic imine (C=N–C) groups is 1. The third kappa shape index (κ3) is 1.95. The largest absolute Gasteiger partial charge is 0.489 e. The summed E-state index contributed by atoms with van der Waals surface area (Å²) in [4.78, 5) is 4.43. The maximum absolute atomic E-state index is 5.80. The van der Waals surface area contributed by atoms with Crippen molar-refractivity contribution in [3.8, 4) is 5.75 Å². The molecule has 0 atom stereocenters. The van der Waals surface area contributed by atoms with Gasteiger partial charge in [0, 0.05) is 25.1 Å². The highest BCUT2D eigenvalue weighted by atomic mass is 16.5. The van der Waals surface area contributed by atoms with Gasteiger partial charge in [-0.3, -0.25) is 4.99 Å². The molecule has 0 saturated heterocycles. The topological polar surface area (TPSA) is 45.7 Å². The van der Waals surface area contributed by atoms with E-state index in [0.29, 0.717) is 0 Å². The van der Waals surface area contributed by atoms with Crippen LogP contribution in [0.4, 0.5) is 5.69 Å². The molecule has 0 amide bonds. The minimum absolute atomic E-state index is 0.739. The minimum Gasteiger partial charge on any atom is -0.489 e. The molecule has 1 aromatic rings. The zero-order chi connectivity index (χ0) is 11.7. The van der Waals surface area contributed by atoms with Gasteiger partial charge in [0.1, 0.15) is 18.2 Å². The van der Waals surface area contributed by atoms with E-state index in [0.717, 1.165) is 49.9 Å². The van der Waals surface area contributed by atoms with E-state index in [2.05, 4.69) is 34.7 Å². The highest BCUT2D eigenvalue weighted by molar-refractivity contribution is 5.87. The first kappa shape index (κ1) is 10.4. The molecule has 3 rings (SSSR count). The molecule has 2 aliphatic heterocycles. The molecule has 0 radical (unpaired) electrons. The fraction of sp³-hybridized carbons (Fsp3) is 0.462. The lowest BCUT2D eigenvalue weighted by molar-refractivity contribution is 0.320. The number of ether oxygens (including phenoxy) is 1. The predicted octanol–water partition coefficient (Wildman–Crippen LogP) is 1.34. The van der Waals surface area contributed by atoms with E-state index < -0.39 is 0 Å². The first-order valence-electron chi connectivity index (χ1n) is 6.11. The summed E-state index contributed by atoms with van der Waals surface area (Å²) >= 11 is 0. The van der Waals surface area contributed by atoms with Crippen molar-refractivity contribution in [2.45, 2.75) is 13.3 Å². The Kier molecular flexibility index (Phi) is 2.63. The van der Waals surface area contributed by atoms with E-state index in [1.807, 2.05) is 0 Å². The van der Waals surface area contributed by atoms with E-state index in [1.54, 1.807) is 0 Å². The third-order valence-corrected chi connectivity index (χ3v) is 3.20. The predicted molar refractivity (Wildman–Crippen MR) is 69.2 cm³/mol. The molecule has 0 bridgehead atoms. The van der Waals surface area contributed by atoms with Crippen molar-refractivity contribution in [1.29, 1.82) is 0 Å². The van der Waals surface area contributed by atoms with Crippen LogP contribution >= 0.6 is 0 Å². The normalized spacial score (nSPS) is 17.6. The standard InChI is InChI=1S/C13H17N3O/c1-9-2-3-10(8-11-14-4-5-15-11)13-12(9)16-6-7-17-13/h2-3,16H,4-8H2,1H3,(H,14,15). The van der Waals surface area contributed by atoms with Crippen LogP contribution in [-0.4, -0.2) is 32.1 Å². The van der Waals surface area contributed by atoms with Crippen LogP contribution in [0.15, 0.2) is 17.1 Å². The Labute approximate surface area is 101 Å². The van der Waals surface area contributed by atoms with Gasteiger partial charge in [-0.2, -0.15) is 0 Å². The maximum atomic E-state index is 5.80. The third-order valence-electron chi connectivity index (χ3n) is 3.20. The fourth-order valence-electron chi connectivity index (χ4n) is 2.32. The molecule has 0 fully saturated rings. The number of rotatable bonds is 2. The Hall–Kier alpha value is -1.71. The molecule has 90 valence electrons. The minimum atomic E-state index is 0.739. The van der Waals surface area contributed by atoms with Crippen LogP contribution in [-0.2, 0) is 6.42 Å². The van der Waals surface area contributed by atoms with Crippen molar-refractivity contribution >= 4 is 11.5 Å². The van der Waals surface area contributed by atoms with Crippen LogP contribution < -0.4 is 15.4 Å². The summed E-state index contributed by atoms with van der Waals surface area (Å²) in [6, 6.07) is 4.29. The number of anilines is 1. The van der Waals surface area contributed by atoms with Crippen molar-refractivity contribution in [3.05, 3.63) is 23.3 Å². The summed E-state index contributed by atoms with van der Waals surface area (Å²) in [7, 11) is 0. The molecular formula is C13H17N3O. The van der Waals surface area contributed by atoms with E-state index in [4.69, 9.17) is 4.74 Å². The van der Waals surface area contributed by atoms with Gasteiger partial charge < -0.3 is 15.4 Å². The zero-order valence-electron chi connectivity index (χ0n) is 10.0. The number of benzene rings is 1. The molecule has 0 unspecified atom stereocenters. The molecule has 2 aliphatic rings. The Bertz CT molecular complexity index is 468. The second-order valence-corrected chi connectivity index (χ2v) is 4.45. The van der Waals surface area contributed by atoms with Gasteiger partial charge in [0.2, 0.25) is 0 Å². The Morgan fingerprint density at radius 3 is 3.06 bits per heavy atom. The van der Waals surface area contributed by atoms with Gasteiger partial charge in [0.15, 0.2) is 0 Å². The van der Waals surface area contributed by atoms with Gasteiger partial charge in [-0.05, 0) is 12.5 Å². The quantitative estimate of drug-likeness (QED) is 0.807. The first-order valence-corrected chi connectivity index (χ1v) is 6.11. The Morgan fingerprint density at radius 2 is 2.24 bits per heavy atom. The number of amidine groups is 1. The van der Waals surface area contributed by atoms with Crippen LogP contribution in [0.3, 0.4) is 0 Å². The summed E-state index contributed by atoms with van der Waals surface area (Å²) in [5, 5.41) is 6.71. The number of nitrogens with one attached hydrogen (secondary N) is 2. The summed E-state index contributed by atoms with van der Waals surface area (Å²) in [6.45, 7) is 5.58. The summed E-state index contributed by atoms with van der Waals surface area (Å²) < 4.78 is 5.80. The lowest BCUT2D eigenvalue weighted by Crippen LogP contribution is -2.23. The maximum Gasteiger partial charge on any atom is 0.146 e. The SMILES string of the molecule is Cc1ccc(CC2=NCCN2)c2c1NCCO2. The lowest BCUT2D eigenvalue weighted by atomic mass is 10.0. The van der Waals surface area contributed by atoms with Gasteiger partial charge in [0.25, 0.3) is 0 Å². The molecule has 17 heavy (non-hydrogen) atoms. The summed E-state index contributed by atoms with van der Waals surface area (Å²) in [5.41, 5.74) is 3.60. The van der Waals surface area contributed by atoms with E-state index >= 15 is 0 Å². The molecule has 4 nitrogen and oxygen atoms in total. The molecule has 1 aromatic carbocycles. The first-order chi connectivity index (χ1) is 8.34. The average molecular weight is 231 g/mol.